The van der Waals surface area contributed by atoms with Gasteiger partial charge >= 0.3 is 0 Å². The zero-order valence-corrected chi connectivity index (χ0v) is 12.9. The summed E-state index contributed by atoms with van der Waals surface area (Å²) in [6, 6.07) is 12.2. The van der Waals surface area contributed by atoms with Gasteiger partial charge in [-0.3, -0.25) is 14.9 Å². The molecular formula is C17H17NO5. The van der Waals surface area contributed by atoms with Gasteiger partial charge in [-0.05, 0) is 36.8 Å². The molecule has 0 amide bonds. The third kappa shape index (κ3) is 3.92. The Morgan fingerprint density at radius 2 is 1.91 bits per heavy atom. The summed E-state index contributed by atoms with van der Waals surface area (Å²) in [5.74, 6) is 0.371. The van der Waals surface area contributed by atoms with Gasteiger partial charge in [-0.15, -0.1) is 0 Å². The summed E-state index contributed by atoms with van der Waals surface area (Å²) in [5.41, 5.74) is -0.854. The van der Waals surface area contributed by atoms with E-state index in [4.69, 9.17) is 4.74 Å². The normalized spacial score (nSPS) is 13.2. The average Bonchev–Trinajstić information content (AvgIpc) is 2.54. The first-order valence-electron chi connectivity index (χ1n) is 6.98. The molecule has 1 N–H and O–H groups in total. The lowest BCUT2D eigenvalue weighted by Crippen LogP contribution is -2.25. The van der Waals surface area contributed by atoms with Crippen LogP contribution in [0.15, 0.2) is 48.5 Å². The van der Waals surface area contributed by atoms with E-state index in [0.29, 0.717) is 16.9 Å². The molecule has 0 saturated carbocycles. The molecule has 0 radical (unpaired) electrons. The quantitative estimate of drug-likeness (QED) is 0.502. The van der Waals surface area contributed by atoms with Crippen molar-refractivity contribution < 1.29 is 19.6 Å². The van der Waals surface area contributed by atoms with Crippen molar-refractivity contribution in [3.8, 4) is 5.75 Å². The summed E-state index contributed by atoms with van der Waals surface area (Å²) in [6.07, 6.45) is -0.180. The van der Waals surface area contributed by atoms with Crippen LogP contribution in [0.3, 0.4) is 0 Å². The number of hydrogen-bond donors (Lipinski definition) is 1. The van der Waals surface area contributed by atoms with Crippen molar-refractivity contribution in [2.24, 2.45) is 0 Å². The van der Waals surface area contributed by atoms with E-state index in [1.807, 2.05) is 0 Å². The maximum absolute atomic E-state index is 12.3. The van der Waals surface area contributed by atoms with Gasteiger partial charge in [0.2, 0.25) is 0 Å². The van der Waals surface area contributed by atoms with Crippen LogP contribution in [0.1, 0.15) is 29.3 Å². The number of non-ortho nitro benzene ring substituents is 1. The predicted octanol–water partition coefficient (Wildman–Crippen LogP) is 3.08. The second-order valence-electron chi connectivity index (χ2n) is 5.41. The van der Waals surface area contributed by atoms with E-state index in [1.165, 1.54) is 32.2 Å². The van der Waals surface area contributed by atoms with E-state index in [1.54, 1.807) is 30.3 Å². The van der Waals surface area contributed by atoms with E-state index in [2.05, 4.69) is 0 Å². The lowest BCUT2D eigenvalue weighted by Gasteiger charge is -2.23. The highest BCUT2D eigenvalue weighted by Crippen LogP contribution is 2.29. The summed E-state index contributed by atoms with van der Waals surface area (Å²) >= 11 is 0. The Kier molecular flexibility index (Phi) is 4.76. The summed E-state index contributed by atoms with van der Waals surface area (Å²) in [5, 5.41) is 21.4. The van der Waals surface area contributed by atoms with Crippen molar-refractivity contribution in [3.63, 3.8) is 0 Å². The monoisotopic (exact) mass is 315 g/mol. The number of nitrogens with zero attached hydrogens (tertiary/aromatic N) is 1. The Labute approximate surface area is 133 Å². The summed E-state index contributed by atoms with van der Waals surface area (Å²) < 4.78 is 5.03. The molecule has 23 heavy (non-hydrogen) atoms. The van der Waals surface area contributed by atoms with Crippen LogP contribution in [-0.2, 0) is 5.60 Å². The molecule has 0 aliphatic carbocycles. The Morgan fingerprint density at radius 3 is 2.48 bits per heavy atom. The molecule has 2 rings (SSSR count). The molecule has 6 heteroatoms. The molecule has 120 valence electrons. The van der Waals surface area contributed by atoms with Crippen molar-refractivity contribution in [2.45, 2.75) is 18.9 Å². The molecule has 0 unspecified atom stereocenters. The highest BCUT2D eigenvalue weighted by Gasteiger charge is 2.28. The molecule has 0 aliphatic rings. The second kappa shape index (κ2) is 6.58. The average molecular weight is 315 g/mol. The maximum Gasteiger partial charge on any atom is 0.269 e. The first-order valence-corrected chi connectivity index (χ1v) is 6.98. The van der Waals surface area contributed by atoms with Gasteiger partial charge in [-0.1, -0.05) is 12.1 Å². The molecule has 1 atom stereocenters. The van der Waals surface area contributed by atoms with E-state index in [0.717, 1.165) is 0 Å². The largest absolute Gasteiger partial charge is 0.497 e. The highest BCUT2D eigenvalue weighted by atomic mass is 16.6. The fourth-order valence-electron chi connectivity index (χ4n) is 2.25. The van der Waals surface area contributed by atoms with E-state index in [-0.39, 0.29) is 17.9 Å². The van der Waals surface area contributed by atoms with Gasteiger partial charge in [0, 0.05) is 24.1 Å². The van der Waals surface area contributed by atoms with Crippen molar-refractivity contribution in [1.82, 2.24) is 0 Å². The topological polar surface area (TPSA) is 89.7 Å². The Balaban J connectivity index is 2.20. The van der Waals surface area contributed by atoms with Crippen LogP contribution in [0.4, 0.5) is 5.69 Å². The van der Waals surface area contributed by atoms with E-state index >= 15 is 0 Å². The minimum Gasteiger partial charge on any atom is -0.497 e. The van der Waals surface area contributed by atoms with Crippen LogP contribution < -0.4 is 4.74 Å². The zero-order valence-electron chi connectivity index (χ0n) is 12.9. The van der Waals surface area contributed by atoms with Gasteiger partial charge in [-0.2, -0.15) is 0 Å². The summed E-state index contributed by atoms with van der Waals surface area (Å²) in [6.45, 7) is 1.47. The maximum atomic E-state index is 12.3. The molecule has 0 bridgehead atoms. The Hall–Kier alpha value is -2.73. The first-order chi connectivity index (χ1) is 10.8. The molecule has 0 spiro atoms. The smallest absolute Gasteiger partial charge is 0.269 e. The van der Waals surface area contributed by atoms with Crippen molar-refractivity contribution in [2.75, 3.05) is 7.11 Å². The van der Waals surface area contributed by atoms with Gasteiger partial charge in [0.1, 0.15) is 5.75 Å². The van der Waals surface area contributed by atoms with Gasteiger partial charge in [0.25, 0.3) is 5.69 Å². The minimum absolute atomic E-state index is 0.125. The molecule has 2 aromatic carbocycles. The number of methoxy groups -OCH3 is 1. The number of nitro groups is 1. The van der Waals surface area contributed by atoms with Crippen LogP contribution in [-0.4, -0.2) is 22.9 Å². The number of hydrogen-bond acceptors (Lipinski definition) is 5. The summed E-state index contributed by atoms with van der Waals surface area (Å²) in [7, 11) is 1.53. The van der Waals surface area contributed by atoms with Crippen molar-refractivity contribution in [1.29, 1.82) is 0 Å². The highest BCUT2D eigenvalue weighted by molar-refractivity contribution is 5.96. The number of aliphatic hydroxyl groups is 1. The number of benzene rings is 2. The predicted molar refractivity (Wildman–Crippen MR) is 84.6 cm³/mol. The zero-order chi connectivity index (χ0) is 17.0. The van der Waals surface area contributed by atoms with Gasteiger partial charge < -0.3 is 9.84 Å². The molecule has 2 aromatic rings. The number of ether oxygens (including phenoxy) is 1. The third-order valence-electron chi connectivity index (χ3n) is 3.60. The van der Waals surface area contributed by atoms with Crippen molar-refractivity contribution >= 4 is 11.5 Å². The SMILES string of the molecule is COc1ccc(C(=O)C[C@](C)(O)c2cccc([N+](=O)[O-])c2)cc1. The molecular weight excluding hydrogens is 298 g/mol. The van der Waals surface area contributed by atoms with Gasteiger partial charge in [0.15, 0.2) is 5.78 Å². The number of carbonyl (C=O) groups excluding carboxylic acids is 1. The standard InChI is InChI=1S/C17H17NO5/c1-17(20,13-4-3-5-14(10-13)18(21)22)11-16(19)12-6-8-15(23-2)9-7-12/h3-10,20H,11H2,1-2H3/t17-/m0/s1. The van der Waals surface area contributed by atoms with Crippen LogP contribution in [0.5, 0.6) is 5.75 Å². The number of nitro benzene ring substituents is 1. The van der Waals surface area contributed by atoms with Crippen LogP contribution >= 0.6 is 0 Å². The number of carbonyl (C=O) groups is 1. The Morgan fingerprint density at radius 1 is 1.26 bits per heavy atom. The Bertz CT molecular complexity index is 722. The van der Waals surface area contributed by atoms with Gasteiger partial charge in [-0.25, -0.2) is 0 Å². The molecule has 0 saturated heterocycles. The third-order valence-corrected chi connectivity index (χ3v) is 3.60. The van der Waals surface area contributed by atoms with E-state index in [9.17, 15) is 20.0 Å². The molecule has 0 aliphatic heterocycles. The van der Waals surface area contributed by atoms with Crippen molar-refractivity contribution in [3.05, 3.63) is 69.8 Å². The van der Waals surface area contributed by atoms with Crippen LogP contribution in [0.25, 0.3) is 0 Å². The minimum atomic E-state index is -1.50. The number of Topliss-reactive ketones (excluding diaryl/α,β-unsaturated/α-hetero) is 1. The second-order valence-corrected chi connectivity index (χ2v) is 5.41. The first kappa shape index (κ1) is 16.6. The molecule has 0 fully saturated rings. The number of rotatable bonds is 6. The summed E-state index contributed by atoms with van der Waals surface area (Å²) in [4.78, 5) is 22.6. The lowest BCUT2D eigenvalue weighted by atomic mass is 9.88. The molecule has 0 heterocycles. The van der Waals surface area contributed by atoms with E-state index < -0.39 is 10.5 Å². The fourth-order valence-corrected chi connectivity index (χ4v) is 2.25. The van der Waals surface area contributed by atoms with Crippen LogP contribution in [0.2, 0.25) is 0 Å². The lowest BCUT2D eigenvalue weighted by molar-refractivity contribution is -0.385. The van der Waals surface area contributed by atoms with Gasteiger partial charge in [0.05, 0.1) is 17.6 Å². The molecule has 6 nitrogen and oxygen atoms in total. The fraction of sp³-hybridized carbons (Fsp3) is 0.235. The van der Waals surface area contributed by atoms with Crippen LogP contribution in [0, 0.1) is 10.1 Å². The number of ketones is 1. The molecule has 0 aromatic heterocycles.